The number of halogens is 2. The van der Waals surface area contributed by atoms with Crippen molar-refractivity contribution in [3.8, 4) is 0 Å². The van der Waals surface area contributed by atoms with Crippen molar-refractivity contribution in [1.82, 2.24) is 20.6 Å². The van der Waals surface area contributed by atoms with Crippen molar-refractivity contribution in [3.05, 3.63) is 32.4 Å². The molecule has 82 valence electrons. The number of H-pyrrole nitrogens is 1. The number of tetrazole rings is 1. The van der Waals surface area contributed by atoms with Gasteiger partial charge in [-0.05, 0) is 46.0 Å². The molecule has 0 fully saturated rings. The Bertz CT molecular complexity index is 515. The van der Waals surface area contributed by atoms with Crippen LogP contribution in [0.25, 0.3) is 0 Å². The minimum atomic E-state index is -0.370. The molecule has 0 spiro atoms. The maximum Gasteiger partial charge on any atom is 0.270 e. The molecule has 1 heterocycles. The maximum absolute atomic E-state index is 11.8. The number of hydrogen-bond acceptors (Lipinski definition) is 4. The summed E-state index contributed by atoms with van der Waals surface area (Å²) in [4.78, 5) is 11.8. The van der Waals surface area contributed by atoms with Gasteiger partial charge in [-0.25, -0.2) is 0 Å². The lowest BCUT2D eigenvalue weighted by Gasteiger charge is -2.03. The summed E-state index contributed by atoms with van der Waals surface area (Å²) in [5.41, 5.74) is 0.373. The van der Waals surface area contributed by atoms with Gasteiger partial charge in [0, 0.05) is 3.57 Å². The van der Waals surface area contributed by atoms with Crippen LogP contribution < -0.4 is 5.32 Å². The first kappa shape index (κ1) is 11.3. The van der Waals surface area contributed by atoms with Crippen molar-refractivity contribution in [2.45, 2.75) is 0 Å². The SMILES string of the molecule is O=C(Nc1nn[nH]n1)c1cc(I)ccc1Cl. The molecular weight excluding hydrogens is 344 g/mol. The van der Waals surface area contributed by atoms with Crippen molar-refractivity contribution in [2.75, 3.05) is 5.32 Å². The molecule has 0 saturated carbocycles. The van der Waals surface area contributed by atoms with Gasteiger partial charge in [0.1, 0.15) is 0 Å². The molecule has 6 nitrogen and oxygen atoms in total. The molecule has 2 aromatic rings. The van der Waals surface area contributed by atoms with E-state index < -0.39 is 0 Å². The zero-order chi connectivity index (χ0) is 11.5. The van der Waals surface area contributed by atoms with Crippen LogP contribution in [0.4, 0.5) is 5.95 Å². The Hall–Kier alpha value is -1.22. The molecule has 0 bridgehead atoms. The molecular formula is C8H5ClIN5O. The average molecular weight is 350 g/mol. The smallest absolute Gasteiger partial charge is 0.270 e. The molecule has 0 saturated heterocycles. The second kappa shape index (κ2) is 4.74. The minimum Gasteiger partial charge on any atom is -0.288 e. The number of aromatic amines is 1. The van der Waals surface area contributed by atoms with E-state index in [-0.39, 0.29) is 11.9 Å². The van der Waals surface area contributed by atoms with Crippen LogP contribution in [0.1, 0.15) is 10.4 Å². The number of carbonyl (C=O) groups excluding carboxylic acids is 1. The number of benzene rings is 1. The van der Waals surface area contributed by atoms with Crippen molar-refractivity contribution >= 4 is 46.0 Å². The van der Waals surface area contributed by atoms with Crippen LogP contribution >= 0.6 is 34.2 Å². The van der Waals surface area contributed by atoms with E-state index in [1.165, 1.54) is 0 Å². The van der Waals surface area contributed by atoms with Crippen LogP contribution in [-0.4, -0.2) is 26.5 Å². The van der Waals surface area contributed by atoms with E-state index in [2.05, 4.69) is 48.5 Å². The van der Waals surface area contributed by atoms with Gasteiger partial charge in [0.2, 0.25) is 0 Å². The number of rotatable bonds is 2. The van der Waals surface area contributed by atoms with Gasteiger partial charge < -0.3 is 0 Å². The predicted molar refractivity (Wildman–Crippen MR) is 66.3 cm³/mol. The molecule has 0 unspecified atom stereocenters. The van der Waals surface area contributed by atoms with E-state index in [4.69, 9.17) is 11.6 Å². The van der Waals surface area contributed by atoms with E-state index in [0.717, 1.165) is 3.57 Å². The normalized spacial score (nSPS) is 10.1. The lowest BCUT2D eigenvalue weighted by Crippen LogP contribution is -2.13. The van der Waals surface area contributed by atoms with Gasteiger partial charge in [-0.1, -0.05) is 16.7 Å². The van der Waals surface area contributed by atoms with Gasteiger partial charge in [-0.3, -0.25) is 10.1 Å². The van der Waals surface area contributed by atoms with Crippen LogP contribution in [0.2, 0.25) is 5.02 Å². The predicted octanol–water partition coefficient (Wildman–Crippen LogP) is 1.71. The Balaban J connectivity index is 2.24. The van der Waals surface area contributed by atoms with Crippen LogP contribution in [-0.2, 0) is 0 Å². The molecule has 0 radical (unpaired) electrons. The van der Waals surface area contributed by atoms with Crippen LogP contribution in [0.5, 0.6) is 0 Å². The summed E-state index contributed by atoms with van der Waals surface area (Å²) < 4.78 is 0.917. The number of amides is 1. The largest absolute Gasteiger partial charge is 0.288 e. The highest BCUT2D eigenvalue weighted by atomic mass is 127. The average Bonchev–Trinajstić information content (AvgIpc) is 2.74. The van der Waals surface area contributed by atoms with Crippen molar-refractivity contribution in [1.29, 1.82) is 0 Å². The second-order valence-corrected chi connectivity index (χ2v) is 4.47. The van der Waals surface area contributed by atoms with Crippen LogP contribution in [0.3, 0.4) is 0 Å². The molecule has 0 aliphatic carbocycles. The maximum atomic E-state index is 11.8. The monoisotopic (exact) mass is 349 g/mol. The van der Waals surface area contributed by atoms with E-state index in [9.17, 15) is 4.79 Å². The van der Waals surface area contributed by atoms with Crippen molar-refractivity contribution in [3.63, 3.8) is 0 Å². The van der Waals surface area contributed by atoms with Gasteiger partial charge in [-0.15, -0.1) is 5.10 Å². The molecule has 1 aromatic heterocycles. The third kappa shape index (κ3) is 2.47. The second-order valence-electron chi connectivity index (χ2n) is 2.81. The first-order valence-electron chi connectivity index (χ1n) is 4.16. The third-order valence-corrected chi connectivity index (χ3v) is 2.74. The fourth-order valence-corrected chi connectivity index (χ4v) is 1.75. The summed E-state index contributed by atoms with van der Waals surface area (Å²) in [7, 11) is 0. The summed E-state index contributed by atoms with van der Waals surface area (Å²) in [6, 6.07) is 5.15. The highest BCUT2D eigenvalue weighted by Gasteiger charge is 2.12. The number of aromatic nitrogens is 4. The standard InChI is InChI=1S/C8H5ClIN5O/c9-6-2-1-4(10)3-5(6)7(16)11-8-12-14-15-13-8/h1-3H,(H2,11,12,13,14,15,16). The quantitative estimate of drug-likeness (QED) is 0.809. The highest BCUT2D eigenvalue weighted by Crippen LogP contribution is 2.19. The molecule has 0 atom stereocenters. The fraction of sp³-hybridized carbons (Fsp3) is 0. The molecule has 0 aliphatic heterocycles. The van der Waals surface area contributed by atoms with E-state index in [1.54, 1.807) is 12.1 Å². The van der Waals surface area contributed by atoms with Gasteiger partial charge in [0.25, 0.3) is 11.9 Å². The Morgan fingerprint density at radius 2 is 2.31 bits per heavy atom. The summed E-state index contributed by atoms with van der Waals surface area (Å²) in [6.45, 7) is 0. The Kier molecular flexibility index (Phi) is 3.34. The molecule has 0 aliphatic rings. The topological polar surface area (TPSA) is 83.6 Å². The fourth-order valence-electron chi connectivity index (χ4n) is 1.06. The molecule has 8 heteroatoms. The van der Waals surface area contributed by atoms with E-state index in [1.807, 2.05) is 6.07 Å². The van der Waals surface area contributed by atoms with Crippen LogP contribution in [0, 0.1) is 3.57 Å². The van der Waals surface area contributed by atoms with Crippen LogP contribution in [0.15, 0.2) is 18.2 Å². The summed E-state index contributed by atoms with van der Waals surface area (Å²) in [6.07, 6.45) is 0. The summed E-state index contributed by atoms with van der Waals surface area (Å²) in [5.74, 6) is -0.259. The summed E-state index contributed by atoms with van der Waals surface area (Å²) >= 11 is 8.00. The Labute approximate surface area is 109 Å². The lowest BCUT2D eigenvalue weighted by atomic mass is 10.2. The minimum absolute atomic E-state index is 0.111. The number of carbonyl (C=O) groups is 1. The summed E-state index contributed by atoms with van der Waals surface area (Å²) in [5, 5.41) is 15.6. The molecule has 1 amide bonds. The van der Waals surface area contributed by atoms with Gasteiger partial charge in [-0.2, -0.15) is 5.21 Å². The van der Waals surface area contributed by atoms with Gasteiger partial charge >= 0.3 is 0 Å². The lowest BCUT2D eigenvalue weighted by molar-refractivity contribution is 0.102. The van der Waals surface area contributed by atoms with E-state index >= 15 is 0 Å². The molecule has 2 rings (SSSR count). The first-order valence-corrected chi connectivity index (χ1v) is 5.62. The highest BCUT2D eigenvalue weighted by molar-refractivity contribution is 14.1. The Morgan fingerprint density at radius 1 is 1.50 bits per heavy atom. The number of nitrogens with one attached hydrogen (secondary N) is 2. The third-order valence-electron chi connectivity index (χ3n) is 1.74. The number of anilines is 1. The molecule has 16 heavy (non-hydrogen) atoms. The number of nitrogens with zero attached hydrogens (tertiary/aromatic N) is 3. The molecule has 1 aromatic carbocycles. The zero-order valence-electron chi connectivity index (χ0n) is 7.74. The van der Waals surface area contributed by atoms with Crippen molar-refractivity contribution < 1.29 is 4.79 Å². The van der Waals surface area contributed by atoms with Gasteiger partial charge in [0.15, 0.2) is 0 Å². The number of hydrogen-bond donors (Lipinski definition) is 2. The molecule has 2 N–H and O–H groups in total. The van der Waals surface area contributed by atoms with Gasteiger partial charge in [0.05, 0.1) is 10.6 Å². The zero-order valence-corrected chi connectivity index (χ0v) is 10.7. The Morgan fingerprint density at radius 3 is 3.00 bits per heavy atom. The van der Waals surface area contributed by atoms with E-state index in [0.29, 0.717) is 10.6 Å². The first-order chi connectivity index (χ1) is 7.66. The van der Waals surface area contributed by atoms with Crippen molar-refractivity contribution in [2.24, 2.45) is 0 Å².